The lowest BCUT2D eigenvalue weighted by Gasteiger charge is -2.03. The van der Waals surface area contributed by atoms with Crippen LogP contribution in [0, 0.1) is 11.8 Å². The molecule has 1 aromatic heterocycles. The highest BCUT2D eigenvalue weighted by Gasteiger charge is 2.11. The molecule has 0 aliphatic rings. The third-order valence-electron chi connectivity index (χ3n) is 4.43. The van der Waals surface area contributed by atoms with Crippen molar-refractivity contribution in [2.75, 3.05) is 14.2 Å². The van der Waals surface area contributed by atoms with E-state index in [-0.39, 0.29) is 0 Å². The molecule has 0 amide bonds. The molecule has 0 unspecified atom stereocenters. The Labute approximate surface area is 158 Å². The Morgan fingerprint density at radius 1 is 0.741 bits per heavy atom. The quantitative estimate of drug-likeness (QED) is 0.454. The topological polar surface area (TPSA) is 31.6 Å². The summed E-state index contributed by atoms with van der Waals surface area (Å²) in [6.45, 7) is 0. The Morgan fingerprint density at radius 3 is 2.26 bits per heavy atom. The van der Waals surface area contributed by atoms with Gasteiger partial charge in [-0.1, -0.05) is 30.0 Å². The van der Waals surface area contributed by atoms with E-state index in [9.17, 15) is 0 Å². The summed E-state index contributed by atoms with van der Waals surface area (Å²) < 4.78 is 16.2. The number of hydrogen-bond acceptors (Lipinski definition) is 3. The van der Waals surface area contributed by atoms with Gasteiger partial charge in [0.15, 0.2) is 0 Å². The van der Waals surface area contributed by atoms with Crippen molar-refractivity contribution in [3.8, 4) is 34.5 Å². The average molecular weight is 354 g/mol. The van der Waals surface area contributed by atoms with E-state index in [4.69, 9.17) is 13.9 Å². The highest BCUT2D eigenvalue weighted by molar-refractivity contribution is 5.96. The van der Waals surface area contributed by atoms with Gasteiger partial charge in [-0.25, -0.2) is 0 Å². The minimum Gasteiger partial charge on any atom is -0.497 e. The molecular weight excluding hydrogens is 336 g/mol. The van der Waals surface area contributed by atoms with Gasteiger partial charge in [-0.05, 0) is 42.5 Å². The first-order valence-corrected chi connectivity index (χ1v) is 8.59. The molecule has 3 nitrogen and oxygen atoms in total. The van der Waals surface area contributed by atoms with Crippen LogP contribution in [-0.4, -0.2) is 14.2 Å². The van der Waals surface area contributed by atoms with Gasteiger partial charge in [0.1, 0.15) is 17.1 Å². The average Bonchev–Trinajstić information content (AvgIpc) is 3.15. The van der Waals surface area contributed by atoms with Crippen LogP contribution in [0.25, 0.3) is 22.1 Å². The van der Waals surface area contributed by atoms with Gasteiger partial charge in [0.25, 0.3) is 0 Å². The molecule has 0 radical (unpaired) electrons. The standard InChI is InChI=1S/C24H18O3/c1-25-19-11-8-17(9-12-19)7-10-18-5-3-4-6-21(18)23-16-27-24-15-20(26-2)13-14-22(23)24/h3-6,8-9,11-16H,1-2H3. The van der Waals surface area contributed by atoms with Gasteiger partial charge in [-0.3, -0.25) is 0 Å². The molecule has 0 aliphatic heterocycles. The summed E-state index contributed by atoms with van der Waals surface area (Å²) >= 11 is 0. The molecule has 0 N–H and O–H groups in total. The van der Waals surface area contributed by atoms with Crippen molar-refractivity contribution < 1.29 is 13.9 Å². The van der Waals surface area contributed by atoms with Gasteiger partial charge in [0.2, 0.25) is 0 Å². The molecule has 0 spiro atoms. The summed E-state index contributed by atoms with van der Waals surface area (Å²) in [5.74, 6) is 8.10. The number of methoxy groups -OCH3 is 2. The van der Waals surface area contributed by atoms with Crippen LogP contribution in [-0.2, 0) is 0 Å². The van der Waals surface area contributed by atoms with Crippen molar-refractivity contribution in [3.63, 3.8) is 0 Å². The zero-order chi connectivity index (χ0) is 18.6. The molecule has 1 heterocycles. The van der Waals surface area contributed by atoms with Crippen LogP contribution in [0.3, 0.4) is 0 Å². The predicted octanol–water partition coefficient (Wildman–Crippen LogP) is 5.52. The Morgan fingerprint density at radius 2 is 1.48 bits per heavy atom. The third-order valence-corrected chi connectivity index (χ3v) is 4.43. The van der Waals surface area contributed by atoms with E-state index in [1.54, 1.807) is 20.5 Å². The van der Waals surface area contributed by atoms with Crippen molar-refractivity contribution in [1.82, 2.24) is 0 Å². The first kappa shape index (κ1) is 16.8. The molecule has 27 heavy (non-hydrogen) atoms. The third kappa shape index (κ3) is 3.38. The maximum Gasteiger partial charge on any atom is 0.138 e. The normalized spacial score (nSPS) is 10.3. The molecule has 0 bridgehead atoms. The zero-order valence-electron chi connectivity index (χ0n) is 15.2. The summed E-state index contributed by atoms with van der Waals surface area (Å²) in [5, 5.41) is 1.04. The minimum absolute atomic E-state index is 0.774. The van der Waals surface area contributed by atoms with E-state index < -0.39 is 0 Å². The Bertz CT molecular complexity index is 1140. The van der Waals surface area contributed by atoms with Crippen molar-refractivity contribution in [2.45, 2.75) is 0 Å². The Kier molecular flexibility index (Phi) is 4.55. The summed E-state index contributed by atoms with van der Waals surface area (Å²) in [6.07, 6.45) is 1.78. The minimum atomic E-state index is 0.774. The fourth-order valence-corrected chi connectivity index (χ4v) is 2.98. The fraction of sp³-hybridized carbons (Fsp3) is 0.0833. The first-order valence-electron chi connectivity index (χ1n) is 8.59. The van der Waals surface area contributed by atoms with Crippen molar-refractivity contribution in [2.24, 2.45) is 0 Å². The van der Waals surface area contributed by atoms with Crippen LogP contribution in [0.1, 0.15) is 11.1 Å². The summed E-state index contributed by atoms with van der Waals surface area (Å²) in [7, 11) is 3.30. The van der Waals surface area contributed by atoms with Gasteiger partial charge in [0, 0.05) is 33.7 Å². The highest BCUT2D eigenvalue weighted by atomic mass is 16.5. The highest BCUT2D eigenvalue weighted by Crippen LogP contribution is 2.34. The lowest BCUT2D eigenvalue weighted by Crippen LogP contribution is -1.85. The van der Waals surface area contributed by atoms with Crippen LogP contribution in [0.15, 0.2) is 77.4 Å². The molecule has 0 saturated heterocycles. The zero-order valence-corrected chi connectivity index (χ0v) is 15.2. The number of furan rings is 1. The summed E-state index contributed by atoms with van der Waals surface area (Å²) in [4.78, 5) is 0. The van der Waals surface area contributed by atoms with Crippen molar-refractivity contribution >= 4 is 11.0 Å². The number of benzene rings is 3. The lowest BCUT2D eigenvalue weighted by molar-refractivity contribution is 0.414. The van der Waals surface area contributed by atoms with Crippen molar-refractivity contribution in [1.29, 1.82) is 0 Å². The van der Waals surface area contributed by atoms with Gasteiger partial charge in [-0.2, -0.15) is 0 Å². The molecule has 0 saturated carbocycles. The van der Waals surface area contributed by atoms with E-state index >= 15 is 0 Å². The summed E-state index contributed by atoms with van der Waals surface area (Å²) in [6, 6.07) is 21.7. The number of rotatable bonds is 3. The van der Waals surface area contributed by atoms with Gasteiger partial charge >= 0.3 is 0 Å². The van der Waals surface area contributed by atoms with E-state index in [0.717, 1.165) is 44.7 Å². The monoisotopic (exact) mass is 354 g/mol. The van der Waals surface area contributed by atoms with Crippen LogP contribution >= 0.6 is 0 Å². The molecule has 3 aromatic carbocycles. The van der Waals surface area contributed by atoms with Crippen LogP contribution in [0.4, 0.5) is 0 Å². The number of fused-ring (bicyclic) bond motifs is 1. The van der Waals surface area contributed by atoms with Crippen molar-refractivity contribution in [3.05, 3.63) is 84.1 Å². The van der Waals surface area contributed by atoms with E-state index in [1.165, 1.54) is 0 Å². The lowest BCUT2D eigenvalue weighted by atomic mass is 9.99. The molecule has 0 aliphatic carbocycles. The first-order chi connectivity index (χ1) is 13.3. The predicted molar refractivity (Wildman–Crippen MR) is 107 cm³/mol. The fourth-order valence-electron chi connectivity index (χ4n) is 2.98. The van der Waals surface area contributed by atoms with Gasteiger partial charge < -0.3 is 13.9 Å². The second-order valence-electron chi connectivity index (χ2n) is 6.04. The van der Waals surface area contributed by atoms with E-state index in [0.29, 0.717) is 0 Å². The number of hydrogen-bond donors (Lipinski definition) is 0. The molecule has 4 rings (SSSR count). The largest absolute Gasteiger partial charge is 0.497 e. The second kappa shape index (κ2) is 7.31. The van der Waals surface area contributed by atoms with Gasteiger partial charge in [0.05, 0.1) is 20.5 Å². The molecule has 132 valence electrons. The van der Waals surface area contributed by atoms with E-state index in [1.807, 2.05) is 60.7 Å². The van der Waals surface area contributed by atoms with Crippen LogP contribution in [0.2, 0.25) is 0 Å². The Balaban J connectivity index is 1.75. The molecule has 4 aromatic rings. The van der Waals surface area contributed by atoms with E-state index in [2.05, 4.69) is 17.9 Å². The van der Waals surface area contributed by atoms with Gasteiger partial charge in [-0.15, -0.1) is 0 Å². The van der Waals surface area contributed by atoms with Crippen LogP contribution < -0.4 is 9.47 Å². The molecule has 3 heteroatoms. The SMILES string of the molecule is COc1ccc(C#Cc2ccccc2-c2coc3cc(OC)ccc23)cc1. The summed E-state index contributed by atoms with van der Waals surface area (Å²) in [5.41, 5.74) is 4.75. The maximum atomic E-state index is 5.75. The van der Waals surface area contributed by atoms with Crippen LogP contribution in [0.5, 0.6) is 11.5 Å². The smallest absolute Gasteiger partial charge is 0.138 e. The maximum absolute atomic E-state index is 5.75. The second-order valence-corrected chi connectivity index (χ2v) is 6.04. The molecule has 0 fully saturated rings. The molecular formula is C24H18O3. The Hall–Kier alpha value is -3.64. The molecule has 0 atom stereocenters. The number of ether oxygens (including phenoxy) is 2.